The van der Waals surface area contributed by atoms with Crippen LogP contribution in [0.25, 0.3) is 0 Å². The van der Waals surface area contributed by atoms with Crippen molar-refractivity contribution in [1.29, 1.82) is 0 Å². The minimum Gasteiger partial charge on any atom is -0.290 e. The fraction of sp³-hybridized carbons (Fsp3) is 0.615. The van der Waals surface area contributed by atoms with E-state index in [4.69, 9.17) is 0 Å². The lowest BCUT2D eigenvalue weighted by atomic mass is 10.1. The minimum atomic E-state index is -0.102. The molecular formula is C13H19N7. The highest BCUT2D eigenvalue weighted by molar-refractivity contribution is 5.18. The first-order valence-electron chi connectivity index (χ1n) is 6.82. The van der Waals surface area contributed by atoms with Gasteiger partial charge < -0.3 is 0 Å². The number of fused-ring (bicyclic) bond motifs is 1. The van der Waals surface area contributed by atoms with Crippen molar-refractivity contribution in [3.63, 3.8) is 0 Å². The summed E-state index contributed by atoms with van der Waals surface area (Å²) >= 11 is 0. The van der Waals surface area contributed by atoms with E-state index < -0.39 is 0 Å². The molecular weight excluding hydrogens is 254 g/mol. The van der Waals surface area contributed by atoms with E-state index in [2.05, 4.69) is 51.2 Å². The fourth-order valence-electron chi connectivity index (χ4n) is 2.46. The highest BCUT2D eigenvalue weighted by Crippen LogP contribution is 2.19. The van der Waals surface area contributed by atoms with E-state index in [0.29, 0.717) is 0 Å². The van der Waals surface area contributed by atoms with Gasteiger partial charge in [0.05, 0.1) is 17.8 Å². The molecule has 0 saturated heterocycles. The average molecular weight is 273 g/mol. The molecule has 7 heteroatoms. The molecule has 0 amide bonds. The molecule has 2 aromatic heterocycles. The Morgan fingerprint density at radius 1 is 1.30 bits per heavy atom. The topological polar surface area (TPSA) is 72.6 Å². The van der Waals surface area contributed by atoms with Crippen LogP contribution >= 0.6 is 0 Å². The second-order valence-corrected chi connectivity index (χ2v) is 6.13. The van der Waals surface area contributed by atoms with Crippen molar-refractivity contribution >= 4 is 0 Å². The van der Waals surface area contributed by atoms with Crippen LogP contribution in [0.15, 0.2) is 12.5 Å². The lowest BCUT2D eigenvalue weighted by Gasteiger charge is -2.28. The van der Waals surface area contributed by atoms with Gasteiger partial charge in [0.25, 0.3) is 0 Å². The Kier molecular flexibility index (Phi) is 3.21. The van der Waals surface area contributed by atoms with Crippen LogP contribution in [-0.2, 0) is 25.0 Å². The van der Waals surface area contributed by atoms with Gasteiger partial charge in [-0.2, -0.15) is 0 Å². The number of aromatic nitrogens is 6. The monoisotopic (exact) mass is 273 g/mol. The van der Waals surface area contributed by atoms with Gasteiger partial charge in [-0.15, -0.1) is 5.10 Å². The summed E-state index contributed by atoms with van der Waals surface area (Å²) in [6, 6.07) is 0. The van der Waals surface area contributed by atoms with Gasteiger partial charge in [0.1, 0.15) is 6.33 Å². The Labute approximate surface area is 118 Å². The molecule has 0 fully saturated rings. The second-order valence-electron chi connectivity index (χ2n) is 6.13. The molecule has 1 aliphatic rings. The van der Waals surface area contributed by atoms with Crippen LogP contribution in [-0.4, -0.2) is 41.6 Å². The standard InChI is InChI=1S/C13H19N7/c1-13(2,3)20-12(16-17-18-20)8-19-5-4-10-6-14-9-15-11(10)7-19/h6,9H,4-5,7-8H2,1-3H3. The molecule has 0 aromatic carbocycles. The third-order valence-electron chi connectivity index (χ3n) is 3.49. The molecule has 2 aromatic rings. The molecule has 1 aliphatic heterocycles. The first kappa shape index (κ1) is 13.1. The van der Waals surface area contributed by atoms with Crippen molar-refractivity contribution in [2.24, 2.45) is 0 Å². The van der Waals surface area contributed by atoms with Crippen LogP contribution in [0.2, 0.25) is 0 Å². The maximum Gasteiger partial charge on any atom is 0.165 e. The summed E-state index contributed by atoms with van der Waals surface area (Å²) in [7, 11) is 0. The Bertz CT molecular complexity index is 599. The van der Waals surface area contributed by atoms with Crippen LogP contribution in [0.4, 0.5) is 0 Å². The SMILES string of the molecule is CC(C)(C)n1nnnc1CN1CCc2cncnc2C1. The molecule has 7 nitrogen and oxygen atoms in total. The number of rotatable bonds is 2. The first-order valence-corrected chi connectivity index (χ1v) is 6.82. The predicted molar refractivity (Wildman–Crippen MR) is 72.7 cm³/mol. The molecule has 0 spiro atoms. The Balaban J connectivity index is 1.76. The van der Waals surface area contributed by atoms with Crippen molar-refractivity contribution in [1.82, 2.24) is 35.1 Å². The Morgan fingerprint density at radius 2 is 2.15 bits per heavy atom. The van der Waals surface area contributed by atoms with E-state index in [-0.39, 0.29) is 5.54 Å². The van der Waals surface area contributed by atoms with Crippen LogP contribution < -0.4 is 0 Å². The maximum absolute atomic E-state index is 4.36. The smallest absolute Gasteiger partial charge is 0.165 e. The van der Waals surface area contributed by atoms with Crippen LogP contribution in [0.1, 0.15) is 37.9 Å². The van der Waals surface area contributed by atoms with E-state index in [1.165, 1.54) is 5.56 Å². The summed E-state index contributed by atoms with van der Waals surface area (Å²) in [5, 5.41) is 12.1. The van der Waals surface area contributed by atoms with Crippen LogP contribution in [0.3, 0.4) is 0 Å². The molecule has 0 unspecified atom stereocenters. The van der Waals surface area contributed by atoms with Gasteiger partial charge in [0, 0.05) is 19.3 Å². The summed E-state index contributed by atoms with van der Waals surface area (Å²) in [5.74, 6) is 0.898. The molecule has 0 saturated carbocycles. The maximum atomic E-state index is 4.36. The quantitative estimate of drug-likeness (QED) is 0.805. The zero-order chi connectivity index (χ0) is 14.2. The first-order chi connectivity index (χ1) is 9.54. The molecule has 0 radical (unpaired) electrons. The summed E-state index contributed by atoms with van der Waals surface area (Å²) in [6.45, 7) is 8.86. The average Bonchev–Trinajstić information content (AvgIpc) is 2.87. The van der Waals surface area contributed by atoms with Gasteiger partial charge in [-0.25, -0.2) is 14.6 Å². The minimum absolute atomic E-state index is 0.102. The van der Waals surface area contributed by atoms with Crippen LogP contribution in [0.5, 0.6) is 0 Å². The van der Waals surface area contributed by atoms with Gasteiger partial charge in [-0.1, -0.05) is 0 Å². The summed E-state index contributed by atoms with van der Waals surface area (Å²) in [4.78, 5) is 10.8. The lowest BCUT2D eigenvalue weighted by Crippen LogP contribution is -2.34. The molecule has 106 valence electrons. The molecule has 3 rings (SSSR count). The van der Waals surface area contributed by atoms with E-state index >= 15 is 0 Å². The lowest BCUT2D eigenvalue weighted by molar-refractivity contribution is 0.220. The van der Waals surface area contributed by atoms with Crippen molar-refractivity contribution in [3.05, 3.63) is 29.6 Å². The van der Waals surface area contributed by atoms with E-state index in [0.717, 1.165) is 37.6 Å². The van der Waals surface area contributed by atoms with Crippen molar-refractivity contribution in [2.45, 2.75) is 45.8 Å². The van der Waals surface area contributed by atoms with E-state index in [1.54, 1.807) is 6.33 Å². The molecule has 0 bridgehead atoms. The highest BCUT2D eigenvalue weighted by Gasteiger charge is 2.23. The molecule has 0 N–H and O–H groups in total. The fourth-order valence-corrected chi connectivity index (χ4v) is 2.46. The third-order valence-corrected chi connectivity index (χ3v) is 3.49. The Morgan fingerprint density at radius 3 is 2.95 bits per heavy atom. The largest absolute Gasteiger partial charge is 0.290 e. The van der Waals surface area contributed by atoms with Gasteiger partial charge in [0.15, 0.2) is 5.82 Å². The van der Waals surface area contributed by atoms with Crippen LogP contribution in [0, 0.1) is 0 Å². The van der Waals surface area contributed by atoms with Gasteiger partial charge in [-0.3, -0.25) is 4.90 Å². The highest BCUT2D eigenvalue weighted by atomic mass is 15.6. The Hall–Kier alpha value is -1.89. The van der Waals surface area contributed by atoms with Gasteiger partial charge >= 0.3 is 0 Å². The zero-order valence-corrected chi connectivity index (χ0v) is 12.1. The summed E-state index contributed by atoms with van der Waals surface area (Å²) < 4.78 is 1.89. The number of tetrazole rings is 1. The number of hydrogen-bond acceptors (Lipinski definition) is 6. The molecule has 20 heavy (non-hydrogen) atoms. The number of nitrogens with zero attached hydrogens (tertiary/aromatic N) is 7. The number of hydrogen-bond donors (Lipinski definition) is 0. The third kappa shape index (κ3) is 2.53. The molecule has 3 heterocycles. The van der Waals surface area contributed by atoms with E-state index in [9.17, 15) is 0 Å². The summed E-state index contributed by atoms with van der Waals surface area (Å²) in [5.41, 5.74) is 2.26. The second kappa shape index (κ2) is 4.90. The normalized spacial score (nSPS) is 16.1. The van der Waals surface area contributed by atoms with E-state index in [1.807, 2.05) is 10.9 Å². The molecule has 0 atom stereocenters. The zero-order valence-electron chi connectivity index (χ0n) is 12.1. The van der Waals surface area contributed by atoms with Crippen molar-refractivity contribution in [3.8, 4) is 0 Å². The van der Waals surface area contributed by atoms with Gasteiger partial charge in [0.2, 0.25) is 0 Å². The predicted octanol–water partition coefficient (Wildman–Crippen LogP) is 0.776. The van der Waals surface area contributed by atoms with Crippen molar-refractivity contribution in [2.75, 3.05) is 6.54 Å². The molecule has 0 aliphatic carbocycles. The summed E-state index contributed by atoms with van der Waals surface area (Å²) in [6.07, 6.45) is 4.51. The van der Waals surface area contributed by atoms with Gasteiger partial charge in [-0.05, 0) is 43.2 Å². The van der Waals surface area contributed by atoms with Crippen molar-refractivity contribution < 1.29 is 0 Å².